The molecule has 2 N–H and O–H groups in total. The van der Waals surface area contributed by atoms with Crippen LogP contribution < -0.4 is 9.47 Å². The molecule has 1 spiro atoms. The molecule has 5 atom stereocenters. The van der Waals surface area contributed by atoms with E-state index in [2.05, 4.69) is 19.9 Å². The maximum Gasteiger partial charge on any atom is 0.330 e. The first-order chi connectivity index (χ1) is 21.5. The van der Waals surface area contributed by atoms with Crippen LogP contribution in [-0.2, 0) is 20.7 Å². The number of rotatable bonds is 8. The molecule has 1 saturated carbocycles. The summed E-state index contributed by atoms with van der Waals surface area (Å²) in [6, 6.07) is 0. The number of ether oxygens (including phenoxy) is 3. The zero-order valence-corrected chi connectivity index (χ0v) is 28.0. The molecule has 0 aromatic heterocycles. The van der Waals surface area contributed by atoms with Crippen LogP contribution in [0, 0.1) is 11.8 Å². The summed E-state index contributed by atoms with van der Waals surface area (Å²) in [5, 5.41) is 21.4. The minimum absolute atomic E-state index is 0.0544. The zero-order valence-electron chi connectivity index (χ0n) is 28.0. The molecular weight excluding hydrogens is 584 g/mol. The Balaban J connectivity index is 1.59. The van der Waals surface area contributed by atoms with Crippen LogP contribution in [0.5, 0.6) is 17.2 Å². The van der Waals surface area contributed by atoms with Crippen molar-refractivity contribution in [1.29, 1.82) is 0 Å². The standard InChI is InChI=1S/C38H44O8/c1-20(2)10-9-15-36(8)16-14-24-29(39)28-30(40)26-18-23-19-27-35(6,7)46-37(33(23)41,17-13-22(5)34(42)43)38(26,27)45-32(28)25(31(24)44-36)12-11-21(3)4/h10-11,13-14,16,18,23,27,39H,9,12,15,17,19H2,1-8H3,(H,42,43)/b22-13+/t23-,27+,36-,37?,38-/m1/s1. The largest absolute Gasteiger partial charge is 0.506 e. The highest BCUT2D eigenvalue weighted by molar-refractivity contribution is 6.19. The fraction of sp³-hybridized carbons (Fsp3) is 0.500. The number of carbonyl (C=O) groups excluding carboxylic acids is 2. The van der Waals surface area contributed by atoms with Crippen molar-refractivity contribution in [3.8, 4) is 17.2 Å². The van der Waals surface area contributed by atoms with Crippen LogP contribution in [0.4, 0.5) is 0 Å². The van der Waals surface area contributed by atoms with Crippen LogP contribution in [0.3, 0.4) is 0 Å². The van der Waals surface area contributed by atoms with Gasteiger partial charge < -0.3 is 24.4 Å². The normalized spacial score (nSPS) is 31.2. The van der Waals surface area contributed by atoms with Gasteiger partial charge in [0.2, 0.25) is 0 Å². The van der Waals surface area contributed by atoms with Crippen molar-refractivity contribution in [3.63, 3.8) is 0 Å². The topological polar surface area (TPSA) is 119 Å². The van der Waals surface area contributed by atoms with E-state index in [-0.39, 0.29) is 40.8 Å². The number of carboxylic acid groups (broad SMARTS) is 1. The fourth-order valence-corrected chi connectivity index (χ4v) is 8.17. The van der Waals surface area contributed by atoms with Crippen molar-refractivity contribution >= 4 is 23.6 Å². The Labute approximate surface area is 270 Å². The van der Waals surface area contributed by atoms with Crippen molar-refractivity contribution in [1.82, 2.24) is 0 Å². The third-order valence-corrected chi connectivity index (χ3v) is 10.5. The Morgan fingerprint density at radius 3 is 2.35 bits per heavy atom. The molecule has 46 heavy (non-hydrogen) atoms. The maximum atomic E-state index is 14.7. The first-order valence-electron chi connectivity index (χ1n) is 16.2. The zero-order chi connectivity index (χ0) is 33.6. The smallest absolute Gasteiger partial charge is 0.330 e. The summed E-state index contributed by atoms with van der Waals surface area (Å²) in [4.78, 5) is 40.8. The van der Waals surface area contributed by atoms with Gasteiger partial charge in [-0.2, -0.15) is 0 Å². The molecule has 3 heterocycles. The van der Waals surface area contributed by atoms with Gasteiger partial charge in [0.1, 0.15) is 28.4 Å². The second-order valence-electron chi connectivity index (χ2n) is 14.8. The third kappa shape index (κ3) is 4.47. The van der Waals surface area contributed by atoms with Gasteiger partial charge in [-0.25, -0.2) is 4.79 Å². The fourth-order valence-electron chi connectivity index (χ4n) is 8.17. The first-order valence-corrected chi connectivity index (χ1v) is 16.2. The van der Waals surface area contributed by atoms with Crippen LogP contribution in [-0.4, -0.2) is 50.2 Å². The molecule has 7 rings (SSSR count). The molecule has 1 aromatic rings. The van der Waals surface area contributed by atoms with Gasteiger partial charge in [0.15, 0.2) is 22.8 Å². The third-order valence-electron chi connectivity index (χ3n) is 10.5. The van der Waals surface area contributed by atoms with Gasteiger partial charge in [-0.15, -0.1) is 0 Å². The van der Waals surface area contributed by atoms with Gasteiger partial charge in [0.05, 0.1) is 11.2 Å². The highest BCUT2D eigenvalue weighted by atomic mass is 16.6. The number of aliphatic carboxylic acids is 1. The second-order valence-corrected chi connectivity index (χ2v) is 14.8. The average molecular weight is 629 g/mol. The summed E-state index contributed by atoms with van der Waals surface area (Å²) in [6.45, 7) is 15.4. The molecule has 0 amide bonds. The Morgan fingerprint density at radius 1 is 1.00 bits per heavy atom. The molecule has 2 fully saturated rings. The molecule has 6 aliphatic rings. The predicted octanol–water partition coefficient (Wildman–Crippen LogP) is 7.24. The quantitative estimate of drug-likeness (QED) is 0.228. The lowest BCUT2D eigenvalue weighted by Gasteiger charge is -2.56. The van der Waals surface area contributed by atoms with E-state index in [4.69, 9.17) is 14.2 Å². The molecule has 0 radical (unpaired) electrons. The van der Waals surface area contributed by atoms with E-state index in [1.807, 2.05) is 52.8 Å². The number of hydrogen-bond donors (Lipinski definition) is 2. The average Bonchev–Trinajstić information content (AvgIpc) is 3.12. The van der Waals surface area contributed by atoms with Gasteiger partial charge in [-0.3, -0.25) is 9.59 Å². The molecule has 8 nitrogen and oxygen atoms in total. The van der Waals surface area contributed by atoms with Crippen LogP contribution in [0.2, 0.25) is 0 Å². The number of benzene rings is 1. The lowest BCUT2D eigenvalue weighted by Crippen LogP contribution is -2.72. The van der Waals surface area contributed by atoms with Gasteiger partial charge in [-0.05, 0) is 93.2 Å². The number of aromatic hydroxyl groups is 1. The number of hydrogen-bond acceptors (Lipinski definition) is 7. The second kappa shape index (κ2) is 10.6. The minimum atomic E-state index is -1.63. The molecule has 244 valence electrons. The molecule has 1 aromatic carbocycles. The summed E-state index contributed by atoms with van der Waals surface area (Å²) in [5.41, 5.74) is -0.952. The molecular formula is C38H44O8. The monoisotopic (exact) mass is 628 g/mol. The van der Waals surface area contributed by atoms with E-state index >= 15 is 0 Å². The number of Topliss-reactive ketones (excluding diaryl/α,β-unsaturated/α-hetero) is 2. The summed E-state index contributed by atoms with van der Waals surface area (Å²) in [5.74, 6) is -2.28. The lowest BCUT2D eigenvalue weighted by molar-refractivity contribution is -0.171. The first kappa shape index (κ1) is 32.0. The SMILES string of the molecule is CC(C)=CCC[C@]1(C)C=Cc2c(O)c3c(c(CC=C(C)C)c2O1)O[C@]12C(=C[C@@H]4C[C@H]1C(C)(C)OC2(C/C=C(\C)C(=O)O)C4=O)C3=O. The Kier molecular flexibility index (Phi) is 7.36. The number of fused-ring (bicyclic) bond motifs is 2. The predicted molar refractivity (Wildman–Crippen MR) is 174 cm³/mol. The number of ketones is 2. The van der Waals surface area contributed by atoms with Crippen molar-refractivity contribution in [2.75, 3.05) is 0 Å². The Bertz CT molecular complexity index is 1730. The summed E-state index contributed by atoms with van der Waals surface area (Å²) < 4.78 is 20.6. The van der Waals surface area contributed by atoms with Crippen molar-refractivity contribution in [3.05, 3.63) is 69.4 Å². The molecule has 1 saturated heterocycles. The van der Waals surface area contributed by atoms with Crippen molar-refractivity contribution < 1.29 is 38.8 Å². The number of carboxylic acids is 1. The summed E-state index contributed by atoms with van der Waals surface area (Å²) in [7, 11) is 0. The summed E-state index contributed by atoms with van der Waals surface area (Å²) >= 11 is 0. The van der Waals surface area contributed by atoms with Gasteiger partial charge in [-0.1, -0.05) is 35.5 Å². The van der Waals surface area contributed by atoms with E-state index in [9.17, 15) is 24.6 Å². The lowest BCUT2D eigenvalue weighted by atomic mass is 9.51. The van der Waals surface area contributed by atoms with E-state index < -0.39 is 40.1 Å². The highest BCUT2D eigenvalue weighted by Gasteiger charge is 2.81. The molecule has 8 heteroatoms. The number of phenolic OH excluding ortho intramolecular Hbond substituents is 1. The van der Waals surface area contributed by atoms with E-state index in [1.165, 1.54) is 18.6 Å². The van der Waals surface area contributed by atoms with Crippen molar-refractivity contribution in [2.24, 2.45) is 11.8 Å². The van der Waals surface area contributed by atoms with Gasteiger partial charge >= 0.3 is 5.97 Å². The minimum Gasteiger partial charge on any atom is -0.506 e. The molecule has 3 aliphatic carbocycles. The van der Waals surface area contributed by atoms with E-state index in [1.54, 1.807) is 6.08 Å². The summed E-state index contributed by atoms with van der Waals surface area (Å²) in [6.07, 6.45) is 13.4. The number of phenols is 1. The number of carbonyl (C=O) groups is 3. The van der Waals surface area contributed by atoms with Gasteiger partial charge in [0.25, 0.3) is 0 Å². The Hall–Kier alpha value is -3.91. The molecule has 3 aliphatic heterocycles. The maximum absolute atomic E-state index is 14.7. The van der Waals surface area contributed by atoms with Crippen LogP contribution in [0.1, 0.15) is 103 Å². The van der Waals surface area contributed by atoms with Gasteiger partial charge in [0, 0.05) is 35.0 Å². The molecule has 1 unspecified atom stereocenters. The van der Waals surface area contributed by atoms with Crippen LogP contribution in [0.25, 0.3) is 6.08 Å². The van der Waals surface area contributed by atoms with Crippen LogP contribution in [0.15, 0.2) is 52.7 Å². The number of allylic oxidation sites excluding steroid dienone is 5. The highest BCUT2D eigenvalue weighted by Crippen LogP contribution is 2.68. The van der Waals surface area contributed by atoms with Crippen LogP contribution >= 0.6 is 0 Å². The van der Waals surface area contributed by atoms with E-state index in [0.29, 0.717) is 41.7 Å². The molecule has 4 bridgehead atoms. The Morgan fingerprint density at radius 2 is 1.70 bits per heavy atom. The van der Waals surface area contributed by atoms with Crippen molar-refractivity contribution in [2.45, 2.75) is 110 Å². The van der Waals surface area contributed by atoms with E-state index in [0.717, 1.165) is 12.0 Å².